The SMILES string of the molecule is CCOc1ccc(N2C(=O)/C(=C/c3ccc(OCC(=O)OC)c(OC)c3)N(CC(=O)OC)C2=S)cc1. The molecule has 1 amide bonds. The highest BCUT2D eigenvalue weighted by atomic mass is 32.1. The van der Waals surface area contributed by atoms with Crippen molar-refractivity contribution < 1.29 is 38.1 Å². The van der Waals surface area contributed by atoms with E-state index in [-0.39, 0.29) is 24.0 Å². The summed E-state index contributed by atoms with van der Waals surface area (Å²) >= 11 is 5.57. The maximum Gasteiger partial charge on any atom is 0.343 e. The van der Waals surface area contributed by atoms with Gasteiger partial charge in [0.1, 0.15) is 18.0 Å². The number of benzene rings is 2. The van der Waals surface area contributed by atoms with E-state index in [0.717, 1.165) is 0 Å². The highest BCUT2D eigenvalue weighted by Crippen LogP contribution is 2.33. The minimum atomic E-state index is -0.561. The average Bonchev–Trinajstić information content (AvgIpc) is 3.11. The van der Waals surface area contributed by atoms with Gasteiger partial charge in [0.25, 0.3) is 5.91 Å². The third-order valence-corrected chi connectivity index (χ3v) is 5.52. The van der Waals surface area contributed by atoms with Gasteiger partial charge in [0.05, 0.1) is 33.6 Å². The molecule has 36 heavy (non-hydrogen) atoms. The predicted molar refractivity (Wildman–Crippen MR) is 135 cm³/mol. The Bertz CT molecular complexity index is 1180. The Hall–Kier alpha value is -4.12. The quantitative estimate of drug-likeness (QED) is 0.267. The smallest absolute Gasteiger partial charge is 0.343 e. The zero-order valence-electron chi connectivity index (χ0n) is 20.3. The molecule has 0 unspecified atom stereocenters. The number of carbonyl (C=O) groups excluding carboxylic acids is 3. The lowest BCUT2D eigenvalue weighted by Gasteiger charge is -2.19. The fourth-order valence-corrected chi connectivity index (χ4v) is 3.71. The molecule has 0 aromatic heterocycles. The van der Waals surface area contributed by atoms with E-state index in [4.69, 9.17) is 31.2 Å². The van der Waals surface area contributed by atoms with E-state index in [2.05, 4.69) is 4.74 Å². The molecule has 2 aromatic carbocycles. The van der Waals surface area contributed by atoms with Crippen molar-refractivity contribution in [2.24, 2.45) is 0 Å². The van der Waals surface area contributed by atoms with E-state index < -0.39 is 17.8 Å². The van der Waals surface area contributed by atoms with E-state index in [0.29, 0.717) is 35.1 Å². The highest BCUT2D eigenvalue weighted by Gasteiger charge is 2.40. The van der Waals surface area contributed by atoms with Gasteiger partial charge in [-0.3, -0.25) is 14.5 Å². The molecule has 1 aliphatic heterocycles. The molecule has 0 spiro atoms. The zero-order chi connectivity index (χ0) is 26.2. The Labute approximate surface area is 213 Å². The lowest BCUT2D eigenvalue weighted by atomic mass is 10.1. The van der Waals surface area contributed by atoms with Crippen molar-refractivity contribution in [2.45, 2.75) is 6.92 Å². The third kappa shape index (κ3) is 5.92. The molecule has 3 rings (SSSR count). The van der Waals surface area contributed by atoms with Crippen LogP contribution in [0.2, 0.25) is 0 Å². The molecule has 190 valence electrons. The van der Waals surface area contributed by atoms with Crippen molar-refractivity contribution in [2.75, 3.05) is 46.0 Å². The van der Waals surface area contributed by atoms with Crippen molar-refractivity contribution >= 4 is 46.9 Å². The largest absolute Gasteiger partial charge is 0.494 e. The number of ether oxygens (including phenoxy) is 5. The van der Waals surface area contributed by atoms with Crippen molar-refractivity contribution in [1.82, 2.24) is 4.90 Å². The summed E-state index contributed by atoms with van der Waals surface area (Å²) in [7, 11) is 3.97. The molecule has 1 heterocycles. The van der Waals surface area contributed by atoms with Crippen molar-refractivity contribution in [3.8, 4) is 17.2 Å². The fraction of sp³-hybridized carbons (Fsp3) is 0.280. The first-order valence-electron chi connectivity index (χ1n) is 10.9. The number of carbonyl (C=O) groups is 3. The number of hydrogen-bond donors (Lipinski definition) is 0. The summed E-state index contributed by atoms with van der Waals surface area (Å²) in [5.41, 5.74) is 1.27. The summed E-state index contributed by atoms with van der Waals surface area (Å²) in [4.78, 5) is 39.7. The molecule has 2 aromatic rings. The first kappa shape index (κ1) is 26.5. The lowest BCUT2D eigenvalue weighted by molar-refractivity contribution is -0.143. The van der Waals surface area contributed by atoms with Crippen LogP contribution in [0.25, 0.3) is 6.08 Å². The standard InChI is InChI=1S/C25H26N2O8S/c1-5-34-18-9-7-17(8-10-18)27-24(30)19(26(25(27)36)14-22(28)32-3)12-16-6-11-20(21(13-16)31-2)35-15-23(29)33-4/h6-13H,5,14-15H2,1-4H3/b19-12-. The van der Waals surface area contributed by atoms with Crippen LogP contribution in [0, 0.1) is 0 Å². The van der Waals surface area contributed by atoms with Crippen LogP contribution in [0.4, 0.5) is 5.69 Å². The number of hydrogen-bond acceptors (Lipinski definition) is 9. The van der Waals surface area contributed by atoms with Crippen LogP contribution in [0.3, 0.4) is 0 Å². The van der Waals surface area contributed by atoms with E-state index in [1.807, 2.05) is 6.92 Å². The number of thiocarbonyl (C=S) groups is 1. The van der Waals surface area contributed by atoms with Crippen molar-refractivity contribution in [3.63, 3.8) is 0 Å². The van der Waals surface area contributed by atoms with Gasteiger partial charge in [-0.15, -0.1) is 0 Å². The van der Waals surface area contributed by atoms with Gasteiger partial charge >= 0.3 is 11.9 Å². The van der Waals surface area contributed by atoms with E-state index in [1.54, 1.807) is 48.5 Å². The number of amides is 1. The molecule has 1 fully saturated rings. The molecular formula is C25H26N2O8S. The number of methoxy groups -OCH3 is 3. The Balaban J connectivity index is 1.96. The molecule has 11 heteroatoms. The van der Waals surface area contributed by atoms with Gasteiger partial charge in [-0.1, -0.05) is 6.07 Å². The van der Waals surface area contributed by atoms with Crippen LogP contribution in [-0.2, 0) is 23.9 Å². The van der Waals surface area contributed by atoms with Gasteiger partial charge in [-0.05, 0) is 67.2 Å². The van der Waals surface area contributed by atoms with Gasteiger partial charge in [-0.2, -0.15) is 0 Å². The van der Waals surface area contributed by atoms with Crippen LogP contribution < -0.4 is 19.1 Å². The van der Waals surface area contributed by atoms with E-state index in [9.17, 15) is 14.4 Å². The fourth-order valence-electron chi connectivity index (χ4n) is 3.36. The summed E-state index contributed by atoms with van der Waals surface area (Å²) < 4.78 is 25.6. The molecule has 0 bridgehead atoms. The second-order valence-electron chi connectivity index (χ2n) is 7.32. The van der Waals surface area contributed by atoms with Crippen LogP contribution in [-0.4, -0.2) is 68.9 Å². The Morgan fingerprint density at radius 2 is 1.64 bits per heavy atom. The average molecular weight is 515 g/mol. The lowest BCUT2D eigenvalue weighted by Crippen LogP contribution is -2.35. The highest BCUT2D eigenvalue weighted by molar-refractivity contribution is 7.80. The molecule has 0 atom stereocenters. The van der Waals surface area contributed by atoms with Gasteiger partial charge in [0.15, 0.2) is 23.2 Å². The summed E-state index contributed by atoms with van der Waals surface area (Å²) in [5, 5.41) is 0.130. The minimum absolute atomic E-state index is 0.130. The summed E-state index contributed by atoms with van der Waals surface area (Å²) in [6.07, 6.45) is 1.58. The van der Waals surface area contributed by atoms with Crippen LogP contribution in [0.1, 0.15) is 12.5 Å². The van der Waals surface area contributed by atoms with Gasteiger partial charge in [0, 0.05) is 0 Å². The molecule has 0 radical (unpaired) electrons. The van der Waals surface area contributed by atoms with Gasteiger partial charge in [0.2, 0.25) is 0 Å². The predicted octanol–water partition coefficient (Wildman–Crippen LogP) is 2.79. The number of rotatable bonds is 10. The number of anilines is 1. The van der Waals surface area contributed by atoms with Gasteiger partial charge < -0.3 is 28.6 Å². The van der Waals surface area contributed by atoms with E-state index >= 15 is 0 Å². The molecule has 0 N–H and O–H groups in total. The molecule has 0 saturated carbocycles. The second kappa shape index (κ2) is 12.0. The topological polar surface area (TPSA) is 104 Å². The van der Waals surface area contributed by atoms with E-state index in [1.165, 1.54) is 31.1 Å². The molecular weight excluding hydrogens is 488 g/mol. The molecule has 10 nitrogen and oxygen atoms in total. The normalized spacial score (nSPS) is 14.2. The summed E-state index contributed by atoms with van der Waals surface area (Å²) in [6.45, 7) is 1.85. The molecule has 0 aliphatic carbocycles. The summed E-state index contributed by atoms with van der Waals surface area (Å²) in [5.74, 6) is -0.208. The molecule has 1 aliphatic rings. The number of nitrogens with zero attached hydrogens (tertiary/aromatic N) is 2. The second-order valence-corrected chi connectivity index (χ2v) is 7.68. The van der Waals surface area contributed by atoms with Crippen LogP contribution >= 0.6 is 12.2 Å². The van der Waals surface area contributed by atoms with Crippen molar-refractivity contribution in [3.05, 3.63) is 53.7 Å². The maximum absolute atomic E-state index is 13.5. The zero-order valence-corrected chi connectivity index (χ0v) is 21.1. The minimum Gasteiger partial charge on any atom is -0.494 e. The first-order valence-corrected chi connectivity index (χ1v) is 11.3. The Morgan fingerprint density at radius 1 is 0.944 bits per heavy atom. The summed E-state index contributed by atoms with van der Waals surface area (Å²) in [6, 6.07) is 11.8. The molecule has 1 saturated heterocycles. The van der Waals surface area contributed by atoms with Crippen LogP contribution in [0.15, 0.2) is 48.2 Å². The van der Waals surface area contributed by atoms with Gasteiger partial charge in [-0.25, -0.2) is 4.79 Å². The maximum atomic E-state index is 13.5. The van der Waals surface area contributed by atoms with Crippen LogP contribution in [0.5, 0.6) is 17.2 Å². The Morgan fingerprint density at radius 3 is 2.25 bits per heavy atom. The number of esters is 2. The van der Waals surface area contributed by atoms with Crippen molar-refractivity contribution in [1.29, 1.82) is 0 Å². The monoisotopic (exact) mass is 514 g/mol. The Kier molecular flexibility index (Phi) is 8.85. The third-order valence-electron chi connectivity index (χ3n) is 5.12. The first-order chi connectivity index (χ1) is 17.3.